The summed E-state index contributed by atoms with van der Waals surface area (Å²) in [6.45, 7) is 0. The number of benzene rings is 1. The van der Waals surface area contributed by atoms with Gasteiger partial charge in [0.15, 0.2) is 17.3 Å². The van der Waals surface area contributed by atoms with Crippen molar-refractivity contribution in [3.63, 3.8) is 0 Å². The molecule has 0 fully saturated rings. The van der Waals surface area contributed by atoms with Gasteiger partial charge in [0.2, 0.25) is 0 Å². The van der Waals surface area contributed by atoms with Gasteiger partial charge in [-0.05, 0) is 18.2 Å². The summed E-state index contributed by atoms with van der Waals surface area (Å²) in [6.07, 6.45) is 2.59. The van der Waals surface area contributed by atoms with Crippen LogP contribution in [0.15, 0.2) is 67.5 Å². The van der Waals surface area contributed by atoms with Gasteiger partial charge in [-0.25, -0.2) is 24.0 Å². The van der Waals surface area contributed by atoms with E-state index in [1.807, 2.05) is 0 Å². The summed E-state index contributed by atoms with van der Waals surface area (Å²) in [5.74, 6) is -1.35. The minimum absolute atomic E-state index is 0.0134. The van der Waals surface area contributed by atoms with Crippen molar-refractivity contribution in [2.45, 2.75) is 6.18 Å². The maximum Gasteiger partial charge on any atom is 0.434 e. The lowest BCUT2D eigenvalue weighted by atomic mass is 10.0. The molecular formula is C26H14ClF4N7O. The number of carbonyl (C=O) groups is 1. The molecule has 5 heterocycles. The standard InChI is InChI=1S/C26H14ClF4N7O/c1-37-12-17(14-8-18(27)21(36-25(14)37)24-33-6-3-7-34-24)22(39)16-10-35-38(23(16)26(29,30)31)20-11-32-9-15-13(20)4-2-5-19(15)28/h2-12H,1H3. The van der Waals surface area contributed by atoms with E-state index in [1.54, 1.807) is 13.1 Å². The fraction of sp³-hybridized carbons (Fsp3) is 0.0769. The normalized spacial score (nSPS) is 11.9. The Balaban J connectivity index is 1.53. The minimum Gasteiger partial charge on any atom is -0.335 e. The molecule has 0 aliphatic rings. The quantitative estimate of drug-likeness (QED) is 0.203. The average Bonchev–Trinajstić information content (AvgIpc) is 3.50. The van der Waals surface area contributed by atoms with Gasteiger partial charge in [0.25, 0.3) is 0 Å². The zero-order valence-electron chi connectivity index (χ0n) is 19.8. The molecule has 0 bridgehead atoms. The molecule has 6 aromatic rings. The van der Waals surface area contributed by atoms with E-state index >= 15 is 0 Å². The lowest BCUT2D eigenvalue weighted by Gasteiger charge is -2.14. The number of alkyl halides is 3. The van der Waals surface area contributed by atoms with Gasteiger partial charge in [0, 0.05) is 53.6 Å². The molecule has 1 aromatic carbocycles. The van der Waals surface area contributed by atoms with Crippen molar-refractivity contribution in [1.82, 2.24) is 34.3 Å². The highest BCUT2D eigenvalue weighted by Crippen LogP contribution is 2.37. The van der Waals surface area contributed by atoms with E-state index in [-0.39, 0.29) is 44.0 Å². The molecule has 0 aliphatic carbocycles. The molecule has 0 spiro atoms. The van der Waals surface area contributed by atoms with Crippen LogP contribution in [-0.2, 0) is 13.2 Å². The Bertz CT molecular complexity index is 1920. The zero-order chi connectivity index (χ0) is 27.5. The van der Waals surface area contributed by atoms with Crippen LogP contribution < -0.4 is 0 Å². The number of carbonyl (C=O) groups excluding carboxylic acids is 1. The number of aryl methyl sites for hydroxylation is 1. The molecule has 0 saturated carbocycles. The number of fused-ring (bicyclic) bond motifs is 2. The number of nitrogens with zero attached hydrogens (tertiary/aromatic N) is 7. The molecule has 0 radical (unpaired) electrons. The van der Waals surface area contributed by atoms with Gasteiger partial charge in [0.05, 0.1) is 28.7 Å². The summed E-state index contributed by atoms with van der Waals surface area (Å²) in [5.41, 5.74) is -1.67. The van der Waals surface area contributed by atoms with Crippen LogP contribution in [0, 0.1) is 5.82 Å². The van der Waals surface area contributed by atoms with Gasteiger partial charge in [-0.15, -0.1) is 0 Å². The fourth-order valence-corrected chi connectivity index (χ4v) is 4.69. The summed E-state index contributed by atoms with van der Waals surface area (Å²) in [7, 11) is 1.60. The van der Waals surface area contributed by atoms with E-state index in [4.69, 9.17) is 11.6 Å². The van der Waals surface area contributed by atoms with Crippen LogP contribution in [0.4, 0.5) is 17.6 Å². The fourth-order valence-electron chi connectivity index (χ4n) is 4.46. The molecule has 0 unspecified atom stereocenters. The first kappa shape index (κ1) is 24.6. The molecule has 0 amide bonds. The molecule has 6 rings (SSSR count). The molecule has 0 saturated heterocycles. The smallest absolute Gasteiger partial charge is 0.335 e. The molecule has 13 heteroatoms. The zero-order valence-corrected chi connectivity index (χ0v) is 20.5. The highest BCUT2D eigenvalue weighted by molar-refractivity contribution is 6.34. The number of halogens is 5. The second-order valence-corrected chi connectivity index (χ2v) is 8.96. The molecule has 194 valence electrons. The predicted octanol–water partition coefficient (Wildman–Crippen LogP) is 5.81. The largest absolute Gasteiger partial charge is 0.434 e. The van der Waals surface area contributed by atoms with Gasteiger partial charge >= 0.3 is 6.18 Å². The Kier molecular flexibility index (Phi) is 5.65. The topological polar surface area (TPSA) is 91.4 Å². The number of hydrogen-bond donors (Lipinski definition) is 0. The third-order valence-corrected chi connectivity index (χ3v) is 6.45. The van der Waals surface area contributed by atoms with Crippen molar-refractivity contribution in [1.29, 1.82) is 0 Å². The highest BCUT2D eigenvalue weighted by Gasteiger charge is 2.41. The van der Waals surface area contributed by atoms with Crippen LogP contribution in [0.2, 0.25) is 5.02 Å². The second kappa shape index (κ2) is 8.95. The lowest BCUT2D eigenvalue weighted by Crippen LogP contribution is -2.18. The summed E-state index contributed by atoms with van der Waals surface area (Å²) >= 11 is 6.43. The number of aromatic nitrogens is 7. The first-order valence-corrected chi connectivity index (χ1v) is 11.7. The molecule has 0 N–H and O–H groups in total. The van der Waals surface area contributed by atoms with Crippen LogP contribution in [-0.4, -0.2) is 40.1 Å². The van der Waals surface area contributed by atoms with E-state index < -0.39 is 29.0 Å². The Morgan fingerprint density at radius 2 is 1.74 bits per heavy atom. The van der Waals surface area contributed by atoms with Crippen molar-refractivity contribution in [3.8, 4) is 17.2 Å². The van der Waals surface area contributed by atoms with Crippen LogP contribution >= 0.6 is 11.6 Å². The monoisotopic (exact) mass is 551 g/mol. The van der Waals surface area contributed by atoms with Gasteiger partial charge in [-0.3, -0.25) is 9.78 Å². The Morgan fingerprint density at radius 1 is 0.974 bits per heavy atom. The first-order chi connectivity index (χ1) is 18.6. The lowest BCUT2D eigenvalue weighted by molar-refractivity contribution is -0.143. The number of rotatable bonds is 4. The van der Waals surface area contributed by atoms with E-state index in [0.717, 1.165) is 12.4 Å². The molecular weight excluding hydrogens is 538 g/mol. The van der Waals surface area contributed by atoms with Gasteiger partial charge in [-0.2, -0.15) is 18.3 Å². The summed E-state index contributed by atoms with van der Waals surface area (Å²) < 4.78 is 59.7. The Labute approximate surface area is 221 Å². The maximum absolute atomic E-state index is 14.4. The van der Waals surface area contributed by atoms with Gasteiger partial charge in [0.1, 0.15) is 17.2 Å². The van der Waals surface area contributed by atoms with Crippen LogP contribution in [0.3, 0.4) is 0 Å². The predicted molar refractivity (Wildman–Crippen MR) is 134 cm³/mol. The van der Waals surface area contributed by atoms with Crippen molar-refractivity contribution in [3.05, 3.63) is 95.2 Å². The molecule has 8 nitrogen and oxygen atoms in total. The number of hydrogen-bond acceptors (Lipinski definition) is 6. The van der Waals surface area contributed by atoms with Gasteiger partial charge in [-0.1, -0.05) is 23.7 Å². The van der Waals surface area contributed by atoms with Crippen molar-refractivity contribution in [2.24, 2.45) is 7.05 Å². The highest BCUT2D eigenvalue weighted by atomic mass is 35.5. The van der Waals surface area contributed by atoms with E-state index in [1.165, 1.54) is 53.6 Å². The van der Waals surface area contributed by atoms with E-state index in [0.29, 0.717) is 10.3 Å². The van der Waals surface area contributed by atoms with Gasteiger partial charge < -0.3 is 4.57 Å². The Morgan fingerprint density at radius 3 is 2.49 bits per heavy atom. The molecule has 0 atom stereocenters. The maximum atomic E-state index is 14.4. The molecule has 0 aliphatic heterocycles. The number of ketones is 1. The summed E-state index contributed by atoms with van der Waals surface area (Å²) in [4.78, 5) is 30.3. The second-order valence-electron chi connectivity index (χ2n) is 8.56. The van der Waals surface area contributed by atoms with Crippen LogP contribution in [0.1, 0.15) is 21.6 Å². The SMILES string of the molecule is Cn1cc(C(=O)c2cnn(-c3cncc4c(F)cccc34)c2C(F)(F)F)c2cc(Cl)c(-c3ncccn3)nc21. The van der Waals surface area contributed by atoms with Crippen molar-refractivity contribution >= 4 is 39.2 Å². The Hall–Kier alpha value is -4.71. The molecule has 39 heavy (non-hydrogen) atoms. The van der Waals surface area contributed by atoms with Crippen LogP contribution in [0.25, 0.3) is 39.0 Å². The van der Waals surface area contributed by atoms with Crippen molar-refractivity contribution in [2.75, 3.05) is 0 Å². The third-order valence-electron chi connectivity index (χ3n) is 6.16. The summed E-state index contributed by atoms with van der Waals surface area (Å²) in [5, 5.41) is 4.40. The number of pyridine rings is 2. The van der Waals surface area contributed by atoms with Crippen LogP contribution in [0.5, 0.6) is 0 Å². The first-order valence-electron chi connectivity index (χ1n) is 11.3. The molecule has 5 aromatic heterocycles. The third kappa shape index (κ3) is 4.00. The average molecular weight is 552 g/mol. The minimum atomic E-state index is -4.99. The van der Waals surface area contributed by atoms with Crippen molar-refractivity contribution < 1.29 is 22.4 Å². The van der Waals surface area contributed by atoms with E-state index in [9.17, 15) is 22.4 Å². The summed E-state index contributed by atoms with van der Waals surface area (Å²) in [6, 6.07) is 7.05. The van der Waals surface area contributed by atoms with E-state index in [2.05, 4.69) is 25.0 Å².